The van der Waals surface area contributed by atoms with Gasteiger partial charge < -0.3 is 16.2 Å². The first-order valence-electron chi connectivity index (χ1n) is 8.23. The fraction of sp³-hybridized carbons (Fsp3) is 0.368. The molecule has 0 aliphatic rings. The summed E-state index contributed by atoms with van der Waals surface area (Å²) in [5, 5.41) is 0. The first-order valence-corrected chi connectivity index (χ1v) is 8.23. The number of benzene rings is 1. The molecule has 1 heterocycles. The van der Waals surface area contributed by atoms with Gasteiger partial charge in [-0.3, -0.25) is 4.79 Å². The van der Waals surface area contributed by atoms with Crippen LogP contribution in [0.2, 0.25) is 0 Å². The minimum absolute atomic E-state index is 0.0279. The lowest BCUT2D eigenvalue weighted by atomic mass is 9.80. The summed E-state index contributed by atoms with van der Waals surface area (Å²) in [5.41, 5.74) is 12.5. The number of rotatable bonds is 6. The van der Waals surface area contributed by atoms with Crippen molar-refractivity contribution in [1.82, 2.24) is 4.98 Å². The van der Waals surface area contributed by atoms with Gasteiger partial charge in [0.05, 0.1) is 5.56 Å². The molecule has 4 N–H and O–H groups in total. The third-order valence-electron chi connectivity index (χ3n) is 4.03. The minimum atomic E-state index is -0.510. The van der Waals surface area contributed by atoms with Gasteiger partial charge >= 0.3 is 0 Å². The zero-order chi connectivity index (χ0) is 18.2. The van der Waals surface area contributed by atoms with Crippen molar-refractivity contribution in [1.29, 1.82) is 0 Å². The van der Waals surface area contributed by atoms with Crippen LogP contribution < -0.4 is 16.2 Å². The van der Waals surface area contributed by atoms with Gasteiger partial charge in [-0.25, -0.2) is 4.98 Å². The van der Waals surface area contributed by atoms with Crippen LogP contribution in [0.1, 0.15) is 50.0 Å². The van der Waals surface area contributed by atoms with Gasteiger partial charge in [0.2, 0.25) is 11.8 Å². The van der Waals surface area contributed by atoms with E-state index in [0.29, 0.717) is 23.7 Å². The third kappa shape index (κ3) is 4.80. The van der Waals surface area contributed by atoms with Crippen molar-refractivity contribution < 1.29 is 9.53 Å². The van der Waals surface area contributed by atoms with Crippen molar-refractivity contribution in [3.05, 3.63) is 53.7 Å². The van der Waals surface area contributed by atoms with Crippen LogP contribution in [0.3, 0.4) is 0 Å². The van der Waals surface area contributed by atoms with E-state index in [1.165, 1.54) is 11.8 Å². The average Bonchev–Trinajstić information content (AvgIpc) is 2.64. The van der Waals surface area contributed by atoms with E-state index in [-0.39, 0.29) is 5.41 Å². The van der Waals surface area contributed by atoms with Gasteiger partial charge in [0, 0.05) is 24.2 Å². The number of pyridine rings is 1. The molecule has 0 saturated carbocycles. The highest BCUT2D eigenvalue weighted by atomic mass is 16.5. The molecule has 1 unspecified atom stereocenters. The molecule has 5 heteroatoms. The minimum Gasteiger partial charge on any atom is -0.439 e. The van der Waals surface area contributed by atoms with Gasteiger partial charge in [0.25, 0.3) is 0 Å². The van der Waals surface area contributed by atoms with Crippen LogP contribution in [0.15, 0.2) is 42.6 Å². The molecule has 0 spiro atoms. The molecular weight excluding hydrogens is 302 g/mol. The lowest BCUT2D eigenvalue weighted by Crippen LogP contribution is -2.30. The Hall–Kier alpha value is -2.40. The predicted molar refractivity (Wildman–Crippen MR) is 97.3 cm³/mol. The van der Waals surface area contributed by atoms with E-state index in [0.717, 1.165) is 6.42 Å². The second-order valence-corrected chi connectivity index (χ2v) is 5.49. The van der Waals surface area contributed by atoms with Crippen LogP contribution in [0.25, 0.3) is 0 Å². The maximum atomic E-state index is 11.0. The summed E-state index contributed by atoms with van der Waals surface area (Å²) >= 11 is 0. The summed E-state index contributed by atoms with van der Waals surface area (Å²) in [4.78, 5) is 15.0. The number of aromatic nitrogens is 1. The lowest BCUT2D eigenvalue weighted by Gasteiger charge is -2.27. The van der Waals surface area contributed by atoms with Crippen molar-refractivity contribution >= 4 is 5.91 Å². The van der Waals surface area contributed by atoms with Crippen molar-refractivity contribution in [3.63, 3.8) is 0 Å². The summed E-state index contributed by atoms with van der Waals surface area (Å²) in [6, 6.07) is 11.0. The third-order valence-corrected chi connectivity index (χ3v) is 4.03. The van der Waals surface area contributed by atoms with Gasteiger partial charge in [-0.15, -0.1) is 0 Å². The highest BCUT2D eigenvalue weighted by molar-refractivity contribution is 5.92. The molecule has 0 aliphatic heterocycles. The van der Waals surface area contributed by atoms with E-state index >= 15 is 0 Å². The van der Waals surface area contributed by atoms with Gasteiger partial charge in [-0.1, -0.05) is 39.8 Å². The quantitative estimate of drug-likeness (QED) is 0.846. The topological polar surface area (TPSA) is 91.2 Å². The Morgan fingerprint density at radius 1 is 1.17 bits per heavy atom. The van der Waals surface area contributed by atoms with Gasteiger partial charge in [0.1, 0.15) is 5.75 Å². The molecule has 5 nitrogen and oxygen atoms in total. The zero-order valence-electron chi connectivity index (χ0n) is 14.9. The predicted octanol–water partition coefficient (Wildman–Crippen LogP) is 3.63. The fourth-order valence-corrected chi connectivity index (χ4v) is 2.10. The first kappa shape index (κ1) is 19.6. The molecule has 0 saturated heterocycles. The van der Waals surface area contributed by atoms with Gasteiger partial charge in [-0.2, -0.15) is 0 Å². The Kier molecular flexibility index (Phi) is 7.39. The molecule has 1 amide bonds. The van der Waals surface area contributed by atoms with Crippen LogP contribution in [0, 0.1) is 0 Å². The number of ether oxygens (including phenoxy) is 1. The van der Waals surface area contributed by atoms with Crippen LogP contribution in [0.4, 0.5) is 0 Å². The highest BCUT2D eigenvalue weighted by Gasteiger charge is 2.22. The number of amides is 1. The number of nitrogens with two attached hydrogens (primary N) is 2. The molecule has 0 bridgehead atoms. The van der Waals surface area contributed by atoms with Crippen LogP contribution in [-0.4, -0.2) is 17.4 Å². The Labute approximate surface area is 144 Å². The summed E-state index contributed by atoms with van der Waals surface area (Å²) in [7, 11) is 0. The number of hydrogen-bond donors (Lipinski definition) is 2. The molecule has 24 heavy (non-hydrogen) atoms. The number of hydrogen-bond acceptors (Lipinski definition) is 4. The van der Waals surface area contributed by atoms with Crippen LogP contribution in [0.5, 0.6) is 11.6 Å². The van der Waals surface area contributed by atoms with Crippen molar-refractivity contribution in [2.24, 2.45) is 11.5 Å². The lowest BCUT2D eigenvalue weighted by molar-refractivity contribution is 0.1000. The fourth-order valence-electron chi connectivity index (χ4n) is 2.10. The second-order valence-electron chi connectivity index (χ2n) is 5.49. The number of primary amides is 1. The smallest absolute Gasteiger partial charge is 0.250 e. The average molecular weight is 329 g/mol. The number of carbonyl (C=O) groups is 1. The monoisotopic (exact) mass is 329 g/mol. The SMILES string of the molecule is CC.CCC(C)(CN)c1ccc(Oc2ccc(C(N)=O)cn2)cc1. The Morgan fingerprint density at radius 2 is 1.79 bits per heavy atom. The molecule has 2 aromatic rings. The van der Waals surface area contributed by atoms with E-state index in [1.54, 1.807) is 12.1 Å². The Balaban J connectivity index is 0.00000139. The van der Waals surface area contributed by atoms with Crippen LogP contribution in [-0.2, 0) is 5.41 Å². The van der Waals surface area contributed by atoms with Crippen molar-refractivity contribution in [2.45, 2.75) is 39.5 Å². The maximum Gasteiger partial charge on any atom is 0.250 e. The maximum absolute atomic E-state index is 11.0. The first-order chi connectivity index (χ1) is 11.5. The van der Waals surface area contributed by atoms with E-state index in [4.69, 9.17) is 16.2 Å². The van der Waals surface area contributed by atoms with E-state index < -0.39 is 5.91 Å². The molecule has 130 valence electrons. The second kappa shape index (κ2) is 9.03. The van der Waals surface area contributed by atoms with E-state index in [2.05, 4.69) is 18.8 Å². The summed E-state index contributed by atoms with van der Waals surface area (Å²) in [5.74, 6) is 0.581. The van der Waals surface area contributed by atoms with E-state index in [1.807, 2.05) is 38.1 Å². The van der Waals surface area contributed by atoms with Gasteiger partial charge in [0.15, 0.2) is 0 Å². The normalized spacial score (nSPS) is 12.5. The molecule has 0 fully saturated rings. The largest absolute Gasteiger partial charge is 0.439 e. The Morgan fingerprint density at radius 3 is 2.21 bits per heavy atom. The molecular formula is C19H27N3O2. The standard InChI is InChI=1S/C17H21N3O2.C2H6/c1-3-17(2,11-18)13-5-7-14(8-6-13)22-15-9-4-12(10-20-15)16(19)21;1-2/h4-10H,3,11,18H2,1-2H3,(H2,19,21);1-2H3. The van der Waals surface area contributed by atoms with Crippen molar-refractivity contribution in [3.8, 4) is 11.6 Å². The van der Waals surface area contributed by atoms with Crippen molar-refractivity contribution in [2.75, 3.05) is 6.54 Å². The number of carbonyl (C=O) groups excluding carboxylic acids is 1. The molecule has 2 rings (SSSR count). The van der Waals surface area contributed by atoms with Crippen LogP contribution >= 0.6 is 0 Å². The number of nitrogens with zero attached hydrogens (tertiary/aromatic N) is 1. The molecule has 1 aromatic carbocycles. The molecule has 1 aromatic heterocycles. The van der Waals surface area contributed by atoms with E-state index in [9.17, 15) is 4.79 Å². The highest BCUT2D eigenvalue weighted by Crippen LogP contribution is 2.28. The molecule has 1 atom stereocenters. The summed E-state index contributed by atoms with van der Waals surface area (Å²) in [6.07, 6.45) is 2.37. The van der Waals surface area contributed by atoms with Gasteiger partial charge in [-0.05, 0) is 30.2 Å². The summed E-state index contributed by atoms with van der Waals surface area (Å²) < 4.78 is 5.65. The summed E-state index contributed by atoms with van der Waals surface area (Å²) in [6.45, 7) is 8.87. The zero-order valence-corrected chi connectivity index (χ0v) is 14.9. The molecule has 0 radical (unpaired) electrons. The Bertz CT molecular complexity index is 633. The molecule has 0 aliphatic carbocycles.